The van der Waals surface area contributed by atoms with Crippen LogP contribution in [0.1, 0.15) is 24.0 Å². The van der Waals surface area contributed by atoms with Gasteiger partial charge in [-0.3, -0.25) is 0 Å². The third-order valence-electron chi connectivity index (χ3n) is 3.28. The lowest BCUT2D eigenvalue weighted by atomic mass is 10.0. The maximum Gasteiger partial charge on any atom is 0.240 e. The Morgan fingerprint density at radius 2 is 1.60 bits per heavy atom. The Balaban J connectivity index is 2.04. The lowest BCUT2D eigenvalue weighted by molar-refractivity contribution is 0.575. The van der Waals surface area contributed by atoms with Gasteiger partial charge in [0, 0.05) is 6.54 Å². The Hall–Kier alpha value is -1.65. The van der Waals surface area contributed by atoms with Crippen molar-refractivity contribution in [2.75, 3.05) is 6.54 Å². The lowest BCUT2D eigenvalue weighted by Crippen LogP contribution is -2.27. The highest BCUT2D eigenvalue weighted by atomic mass is 32.2. The molecule has 0 fully saturated rings. The SMILES string of the molecule is Cc1ccc(S(=O)(=O)NC[C@@H](C)c2ccccc2)cc1. The largest absolute Gasteiger partial charge is 0.240 e. The highest BCUT2D eigenvalue weighted by molar-refractivity contribution is 7.89. The van der Waals surface area contributed by atoms with Crippen LogP contribution < -0.4 is 4.72 Å². The van der Waals surface area contributed by atoms with Crippen LogP contribution in [0.25, 0.3) is 0 Å². The highest BCUT2D eigenvalue weighted by Crippen LogP contribution is 2.15. The Kier molecular flexibility index (Phi) is 4.57. The summed E-state index contributed by atoms with van der Waals surface area (Å²) >= 11 is 0. The first-order valence-corrected chi connectivity index (χ1v) is 8.08. The molecule has 0 spiro atoms. The molecule has 2 rings (SSSR count). The Labute approximate surface area is 120 Å². The summed E-state index contributed by atoms with van der Waals surface area (Å²) in [7, 11) is -3.43. The molecule has 20 heavy (non-hydrogen) atoms. The maximum atomic E-state index is 12.2. The predicted octanol–water partition coefficient (Wildman–Crippen LogP) is 3.08. The summed E-state index contributed by atoms with van der Waals surface area (Å²) in [5.74, 6) is 0.136. The van der Waals surface area contributed by atoms with Gasteiger partial charge in [0.25, 0.3) is 0 Å². The van der Waals surface area contributed by atoms with E-state index in [1.165, 1.54) is 0 Å². The second-order valence-electron chi connectivity index (χ2n) is 4.98. The fourth-order valence-electron chi connectivity index (χ4n) is 1.93. The van der Waals surface area contributed by atoms with E-state index in [4.69, 9.17) is 0 Å². The van der Waals surface area contributed by atoms with Crippen molar-refractivity contribution in [2.24, 2.45) is 0 Å². The average Bonchev–Trinajstić information content (AvgIpc) is 2.46. The van der Waals surface area contributed by atoms with Gasteiger partial charge in [0.2, 0.25) is 10.0 Å². The molecule has 3 nitrogen and oxygen atoms in total. The molecular formula is C16H19NO2S. The Morgan fingerprint density at radius 3 is 2.20 bits per heavy atom. The van der Waals surface area contributed by atoms with Crippen LogP contribution in [-0.2, 0) is 10.0 Å². The van der Waals surface area contributed by atoms with Gasteiger partial charge in [-0.05, 0) is 30.5 Å². The van der Waals surface area contributed by atoms with Crippen LogP contribution in [-0.4, -0.2) is 15.0 Å². The summed E-state index contributed by atoms with van der Waals surface area (Å²) in [6.45, 7) is 4.33. The number of sulfonamides is 1. The van der Waals surface area contributed by atoms with Gasteiger partial charge < -0.3 is 0 Å². The smallest absolute Gasteiger partial charge is 0.211 e. The first kappa shape index (κ1) is 14.8. The van der Waals surface area contributed by atoms with Crippen LogP contribution in [0.4, 0.5) is 0 Å². The summed E-state index contributed by atoms with van der Waals surface area (Å²) in [5, 5.41) is 0. The molecular weight excluding hydrogens is 270 g/mol. The molecule has 2 aromatic carbocycles. The van der Waals surface area contributed by atoms with Crippen molar-refractivity contribution in [3.63, 3.8) is 0 Å². The van der Waals surface area contributed by atoms with Crippen molar-refractivity contribution in [3.8, 4) is 0 Å². The van der Waals surface area contributed by atoms with Crippen LogP contribution >= 0.6 is 0 Å². The van der Waals surface area contributed by atoms with E-state index in [2.05, 4.69) is 4.72 Å². The number of benzene rings is 2. The summed E-state index contributed by atoms with van der Waals surface area (Å²) in [6.07, 6.45) is 0. The summed E-state index contributed by atoms with van der Waals surface area (Å²) in [6, 6.07) is 16.7. The van der Waals surface area contributed by atoms with Crippen molar-refractivity contribution in [2.45, 2.75) is 24.7 Å². The van der Waals surface area contributed by atoms with E-state index in [0.717, 1.165) is 11.1 Å². The van der Waals surface area contributed by atoms with Crippen molar-refractivity contribution < 1.29 is 8.42 Å². The molecule has 0 aromatic heterocycles. The van der Waals surface area contributed by atoms with E-state index in [1.807, 2.05) is 44.2 Å². The standard InChI is InChI=1S/C16H19NO2S/c1-13-8-10-16(11-9-13)20(18,19)17-12-14(2)15-6-4-3-5-7-15/h3-11,14,17H,12H2,1-2H3/t14-/m1/s1. The number of hydrogen-bond donors (Lipinski definition) is 1. The first-order valence-electron chi connectivity index (χ1n) is 6.60. The van der Waals surface area contributed by atoms with E-state index in [9.17, 15) is 8.42 Å². The van der Waals surface area contributed by atoms with Crippen LogP contribution in [0.5, 0.6) is 0 Å². The van der Waals surface area contributed by atoms with Crippen molar-refractivity contribution in [1.82, 2.24) is 4.72 Å². The molecule has 2 aromatic rings. The van der Waals surface area contributed by atoms with Gasteiger partial charge in [0.1, 0.15) is 0 Å². The van der Waals surface area contributed by atoms with Crippen molar-refractivity contribution in [1.29, 1.82) is 0 Å². The fourth-order valence-corrected chi connectivity index (χ4v) is 3.07. The van der Waals surface area contributed by atoms with Gasteiger partial charge >= 0.3 is 0 Å². The molecule has 0 saturated carbocycles. The van der Waals surface area contributed by atoms with Gasteiger partial charge in [-0.1, -0.05) is 55.0 Å². The monoisotopic (exact) mass is 289 g/mol. The third kappa shape index (κ3) is 3.68. The molecule has 106 valence electrons. The van der Waals surface area contributed by atoms with Gasteiger partial charge in [0.05, 0.1) is 4.90 Å². The highest BCUT2D eigenvalue weighted by Gasteiger charge is 2.15. The van der Waals surface area contributed by atoms with Crippen molar-refractivity contribution >= 4 is 10.0 Å². The van der Waals surface area contributed by atoms with E-state index < -0.39 is 10.0 Å². The summed E-state index contributed by atoms with van der Waals surface area (Å²) in [5.41, 5.74) is 2.17. The normalized spacial score (nSPS) is 13.1. The zero-order chi connectivity index (χ0) is 14.6. The molecule has 0 aliphatic heterocycles. The zero-order valence-electron chi connectivity index (χ0n) is 11.7. The summed E-state index contributed by atoms with van der Waals surface area (Å²) < 4.78 is 27.0. The minimum atomic E-state index is -3.43. The number of rotatable bonds is 5. The fraction of sp³-hybridized carbons (Fsp3) is 0.250. The minimum absolute atomic E-state index is 0.136. The van der Waals surface area contributed by atoms with Crippen LogP contribution in [0.3, 0.4) is 0 Å². The van der Waals surface area contributed by atoms with E-state index >= 15 is 0 Å². The van der Waals surface area contributed by atoms with Gasteiger partial charge in [-0.15, -0.1) is 0 Å². The van der Waals surface area contributed by atoms with Gasteiger partial charge in [-0.2, -0.15) is 0 Å². The average molecular weight is 289 g/mol. The topological polar surface area (TPSA) is 46.2 Å². The number of hydrogen-bond acceptors (Lipinski definition) is 2. The maximum absolute atomic E-state index is 12.2. The van der Waals surface area contributed by atoms with E-state index in [-0.39, 0.29) is 5.92 Å². The molecule has 1 N–H and O–H groups in total. The molecule has 0 bridgehead atoms. The van der Waals surface area contributed by atoms with Crippen LogP contribution in [0.2, 0.25) is 0 Å². The van der Waals surface area contributed by atoms with Crippen LogP contribution in [0, 0.1) is 6.92 Å². The molecule has 0 aliphatic carbocycles. The first-order chi connectivity index (χ1) is 9.49. The lowest BCUT2D eigenvalue weighted by Gasteiger charge is -2.13. The molecule has 0 unspecified atom stereocenters. The quantitative estimate of drug-likeness (QED) is 0.919. The Morgan fingerprint density at radius 1 is 1.00 bits per heavy atom. The molecule has 0 heterocycles. The molecule has 4 heteroatoms. The van der Waals surface area contributed by atoms with Gasteiger partial charge in [-0.25, -0.2) is 13.1 Å². The predicted molar refractivity (Wildman–Crippen MR) is 81.2 cm³/mol. The molecule has 0 aliphatic rings. The molecule has 0 amide bonds. The van der Waals surface area contributed by atoms with E-state index in [1.54, 1.807) is 24.3 Å². The van der Waals surface area contributed by atoms with Crippen LogP contribution in [0.15, 0.2) is 59.5 Å². The molecule has 1 atom stereocenters. The zero-order valence-corrected chi connectivity index (χ0v) is 12.5. The van der Waals surface area contributed by atoms with E-state index in [0.29, 0.717) is 11.4 Å². The second kappa shape index (κ2) is 6.20. The molecule has 0 saturated heterocycles. The number of aryl methyl sites for hydroxylation is 1. The molecule has 0 radical (unpaired) electrons. The third-order valence-corrected chi connectivity index (χ3v) is 4.72. The van der Waals surface area contributed by atoms with Gasteiger partial charge in [0.15, 0.2) is 0 Å². The Bertz CT molecular complexity index is 649. The second-order valence-corrected chi connectivity index (χ2v) is 6.74. The number of nitrogens with one attached hydrogen (secondary N) is 1. The summed E-state index contributed by atoms with van der Waals surface area (Å²) in [4.78, 5) is 0.309. The van der Waals surface area contributed by atoms with Crippen molar-refractivity contribution in [3.05, 3.63) is 65.7 Å². The minimum Gasteiger partial charge on any atom is -0.211 e.